The molecular weight excluding hydrogens is 662 g/mol. The lowest BCUT2D eigenvalue weighted by Gasteiger charge is -2.35. The van der Waals surface area contributed by atoms with Gasteiger partial charge in [0.2, 0.25) is 11.8 Å². The Hall–Kier alpha value is -3.95. The lowest BCUT2D eigenvalue weighted by Crippen LogP contribution is -2.56. The number of carbonyl (C=O) groups is 2. The molecule has 4 rings (SSSR count). The topological polar surface area (TPSA) is 86.8 Å². The summed E-state index contributed by atoms with van der Waals surface area (Å²) in [6.07, 6.45) is 0.250. The van der Waals surface area contributed by atoms with Crippen molar-refractivity contribution >= 4 is 43.5 Å². The molecule has 9 heteroatoms. The maximum absolute atomic E-state index is 14.6. The molecule has 0 radical (unpaired) electrons. The molecule has 0 saturated heterocycles. The van der Waals surface area contributed by atoms with Crippen molar-refractivity contribution in [2.45, 2.75) is 70.0 Å². The van der Waals surface area contributed by atoms with Crippen molar-refractivity contribution in [3.05, 3.63) is 130 Å². The number of nitrogens with zero attached hydrogens (tertiary/aromatic N) is 2. The molecule has 0 aromatic heterocycles. The number of anilines is 1. The molecule has 0 aliphatic heterocycles. The fraction of sp³-hybridized carbons (Fsp3) is 0.297. The molecular formula is C37H42BrN3O4S. The number of rotatable bonds is 12. The van der Waals surface area contributed by atoms with Gasteiger partial charge in [0.15, 0.2) is 0 Å². The van der Waals surface area contributed by atoms with Crippen molar-refractivity contribution in [2.75, 3.05) is 10.8 Å². The lowest BCUT2D eigenvalue weighted by atomic mass is 10.0. The van der Waals surface area contributed by atoms with Crippen LogP contribution in [0.3, 0.4) is 0 Å². The van der Waals surface area contributed by atoms with E-state index in [1.165, 1.54) is 17.0 Å². The number of benzene rings is 4. The molecule has 0 saturated carbocycles. The molecule has 2 amide bonds. The van der Waals surface area contributed by atoms with Crippen LogP contribution in [0.25, 0.3) is 0 Å². The summed E-state index contributed by atoms with van der Waals surface area (Å²) in [4.78, 5) is 30.1. The van der Waals surface area contributed by atoms with E-state index in [9.17, 15) is 18.0 Å². The quantitative estimate of drug-likeness (QED) is 0.168. The first-order valence-corrected chi connectivity index (χ1v) is 17.6. The van der Waals surface area contributed by atoms with E-state index in [4.69, 9.17) is 0 Å². The molecule has 0 heterocycles. The standard InChI is InChI=1S/C37H42BrN3O4S/c1-27(2)30-18-22-32(23-19-30)41(46(44,45)33-14-10-7-11-15-33)26-35(42)40(25-29-16-20-31(38)21-17-29)34(36(43)39-37(3,4)5)24-28-12-8-6-9-13-28/h6-23,27,34H,24-26H2,1-5H3,(H,39,43). The largest absolute Gasteiger partial charge is 0.350 e. The Bertz CT molecular complexity index is 1700. The number of hydrogen-bond donors (Lipinski definition) is 1. The summed E-state index contributed by atoms with van der Waals surface area (Å²) in [5, 5.41) is 3.06. The van der Waals surface area contributed by atoms with Crippen molar-refractivity contribution in [3.8, 4) is 0 Å². The summed E-state index contributed by atoms with van der Waals surface area (Å²) in [7, 11) is -4.15. The Balaban J connectivity index is 1.81. The Labute approximate surface area is 281 Å². The average molecular weight is 705 g/mol. The van der Waals surface area contributed by atoms with Crippen molar-refractivity contribution < 1.29 is 18.0 Å². The van der Waals surface area contributed by atoms with Crippen LogP contribution in [0, 0.1) is 0 Å². The van der Waals surface area contributed by atoms with Crippen LogP contribution in [0.1, 0.15) is 57.2 Å². The number of hydrogen-bond acceptors (Lipinski definition) is 4. The zero-order valence-corrected chi connectivity index (χ0v) is 29.4. The Morgan fingerprint density at radius 1 is 0.783 bits per heavy atom. The van der Waals surface area contributed by atoms with Gasteiger partial charge in [-0.2, -0.15) is 0 Å². The van der Waals surface area contributed by atoms with Gasteiger partial charge in [-0.1, -0.05) is 103 Å². The van der Waals surface area contributed by atoms with E-state index in [0.29, 0.717) is 5.69 Å². The fourth-order valence-corrected chi connectivity index (χ4v) is 6.77. The van der Waals surface area contributed by atoms with Gasteiger partial charge in [-0.15, -0.1) is 0 Å². The van der Waals surface area contributed by atoms with Gasteiger partial charge in [0.05, 0.1) is 10.6 Å². The minimum absolute atomic E-state index is 0.0708. The van der Waals surface area contributed by atoms with Gasteiger partial charge in [-0.3, -0.25) is 13.9 Å². The molecule has 1 atom stereocenters. The van der Waals surface area contributed by atoms with Crippen LogP contribution in [0.5, 0.6) is 0 Å². The third kappa shape index (κ3) is 9.30. The first kappa shape index (κ1) is 34.9. The highest BCUT2D eigenvalue weighted by atomic mass is 79.9. The number of halogens is 1. The molecule has 4 aromatic carbocycles. The first-order valence-electron chi connectivity index (χ1n) is 15.3. The highest BCUT2D eigenvalue weighted by Crippen LogP contribution is 2.27. The average Bonchev–Trinajstić information content (AvgIpc) is 3.02. The summed E-state index contributed by atoms with van der Waals surface area (Å²) in [6, 6.07) is 31.4. The van der Waals surface area contributed by atoms with Crippen LogP contribution in [0.15, 0.2) is 119 Å². The van der Waals surface area contributed by atoms with Gasteiger partial charge >= 0.3 is 0 Å². The molecule has 46 heavy (non-hydrogen) atoms. The third-order valence-electron chi connectivity index (χ3n) is 7.49. The van der Waals surface area contributed by atoms with Crippen LogP contribution in [0.4, 0.5) is 5.69 Å². The number of carbonyl (C=O) groups excluding carboxylic acids is 2. The number of nitrogens with one attached hydrogen (secondary N) is 1. The summed E-state index contributed by atoms with van der Waals surface area (Å²) in [5.41, 5.74) is 2.54. The monoisotopic (exact) mass is 703 g/mol. The molecule has 242 valence electrons. The van der Waals surface area contributed by atoms with E-state index in [0.717, 1.165) is 25.5 Å². The summed E-state index contributed by atoms with van der Waals surface area (Å²) >= 11 is 3.47. The second-order valence-corrected chi connectivity index (χ2v) is 15.4. The molecule has 0 aliphatic rings. The van der Waals surface area contributed by atoms with Crippen LogP contribution in [0.2, 0.25) is 0 Å². The minimum atomic E-state index is -4.15. The molecule has 4 aromatic rings. The Morgan fingerprint density at radius 3 is 1.89 bits per heavy atom. The van der Waals surface area contributed by atoms with Gasteiger partial charge in [0, 0.05) is 23.0 Å². The normalized spacial score (nSPS) is 12.4. The number of amides is 2. The number of sulfonamides is 1. The van der Waals surface area contributed by atoms with E-state index in [2.05, 4.69) is 35.1 Å². The van der Waals surface area contributed by atoms with Crippen LogP contribution < -0.4 is 9.62 Å². The Morgan fingerprint density at radius 2 is 1.35 bits per heavy atom. The van der Waals surface area contributed by atoms with Crippen molar-refractivity contribution in [3.63, 3.8) is 0 Å². The van der Waals surface area contributed by atoms with Gasteiger partial charge in [-0.05, 0) is 79.8 Å². The molecule has 7 nitrogen and oxygen atoms in total. The van der Waals surface area contributed by atoms with E-state index in [1.54, 1.807) is 30.3 Å². The predicted octanol–water partition coefficient (Wildman–Crippen LogP) is 7.32. The zero-order valence-electron chi connectivity index (χ0n) is 27.0. The highest BCUT2D eigenvalue weighted by molar-refractivity contribution is 9.10. The highest BCUT2D eigenvalue weighted by Gasteiger charge is 2.35. The lowest BCUT2D eigenvalue weighted by molar-refractivity contribution is -0.140. The zero-order chi connectivity index (χ0) is 33.5. The van der Waals surface area contributed by atoms with Gasteiger partial charge in [-0.25, -0.2) is 8.42 Å². The van der Waals surface area contributed by atoms with Crippen LogP contribution in [-0.4, -0.2) is 43.3 Å². The summed E-state index contributed by atoms with van der Waals surface area (Å²) < 4.78 is 30.3. The fourth-order valence-electron chi connectivity index (χ4n) is 5.07. The van der Waals surface area contributed by atoms with Gasteiger partial charge < -0.3 is 10.2 Å². The van der Waals surface area contributed by atoms with Gasteiger partial charge in [0.1, 0.15) is 12.6 Å². The van der Waals surface area contributed by atoms with E-state index < -0.39 is 34.1 Å². The molecule has 1 unspecified atom stereocenters. The first-order chi connectivity index (χ1) is 21.7. The second kappa shape index (κ2) is 15.1. The second-order valence-electron chi connectivity index (χ2n) is 12.7. The Kier molecular flexibility index (Phi) is 11.5. The predicted molar refractivity (Wildman–Crippen MR) is 188 cm³/mol. The van der Waals surface area contributed by atoms with Crippen molar-refractivity contribution in [1.82, 2.24) is 10.2 Å². The minimum Gasteiger partial charge on any atom is -0.350 e. The van der Waals surface area contributed by atoms with Crippen molar-refractivity contribution in [2.24, 2.45) is 0 Å². The SMILES string of the molecule is CC(C)c1ccc(N(CC(=O)N(Cc2ccc(Br)cc2)C(Cc2ccccc2)C(=O)NC(C)(C)C)S(=O)(=O)c2ccccc2)cc1. The molecule has 1 N–H and O–H groups in total. The van der Waals surface area contributed by atoms with Gasteiger partial charge in [0.25, 0.3) is 10.0 Å². The molecule has 0 aliphatic carbocycles. The molecule has 0 spiro atoms. The van der Waals surface area contributed by atoms with E-state index in [1.807, 2.05) is 87.5 Å². The smallest absolute Gasteiger partial charge is 0.264 e. The third-order valence-corrected chi connectivity index (χ3v) is 9.81. The molecule has 0 fully saturated rings. The van der Waals surface area contributed by atoms with Crippen molar-refractivity contribution in [1.29, 1.82) is 0 Å². The van der Waals surface area contributed by atoms with Crippen LogP contribution >= 0.6 is 15.9 Å². The molecule has 0 bridgehead atoms. The van der Waals surface area contributed by atoms with E-state index >= 15 is 0 Å². The summed E-state index contributed by atoms with van der Waals surface area (Å²) in [6.45, 7) is 9.40. The maximum Gasteiger partial charge on any atom is 0.264 e. The van der Waals surface area contributed by atoms with E-state index in [-0.39, 0.29) is 29.7 Å². The maximum atomic E-state index is 14.6. The summed E-state index contributed by atoms with van der Waals surface area (Å²) in [5.74, 6) is -0.572. The van der Waals surface area contributed by atoms with Crippen LogP contribution in [-0.2, 0) is 32.6 Å².